The van der Waals surface area contributed by atoms with Gasteiger partial charge in [-0.3, -0.25) is 14.5 Å². The number of ether oxygens (including phenoxy) is 1. The Morgan fingerprint density at radius 1 is 1.11 bits per heavy atom. The van der Waals surface area contributed by atoms with Crippen LogP contribution in [0, 0.1) is 6.92 Å². The van der Waals surface area contributed by atoms with Gasteiger partial charge in [-0.15, -0.1) is 0 Å². The summed E-state index contributed by atoms with van der Waals surface area (Å²) >= 11 is 7.46. The molecule has 1 N–H and O–H groups in total. The lowest BCUT2D eigenvalue weighted by Gasteiger charge is -2.23. The second-order valence-electron chi connectivity index (χ2n) is 9.14. The van der Waals surface area contributed by atoms with Crippen molar-refractivity contribution in [3.63, 3.8) is 0 Å². The fourth-order valence-electron chi connectivity index (χ4n) is 4.84. The van der Waals surface area contributed by atoms with Crippen LogP contribution < -0.4 is 9.64 Å². The molecule has 6 rings (SSSR count). The summed E-state index contributed by atoms with van der Waals surface area (Å²) in [4.78, 5) is 32.9. The van der Waals surface area contributed by atoms with Gasteiger partial charge in [-0.1, -0.05) is 41.1 Å². The van der Waals surface area contributed by atoms with Crippen LogP contribution in [0.4, 0.5) is 5.13 Å². The highest BCUT2D eigenvalue weighted by Gasteiger charge is 2.48. The molecule has 8 heteroatoms. The Labute approximate surface area is 216 Å². The fraction of sp³-hybridized carbons (Fsp3) is 0.179. The highest BCUT2D eigenvalue weighted by atomic mass is 35.5. The van der Waals surface area contributed by atoms with Crippen molar-refractivity contribution < 1.29 is 19.4 Å². The smallest absolute Gasteiger partial charge is 0.301 e. The molecule has 0 aliphatic carbocycles. The van der Waals surface area contributed by atoms with Gasteiger partial charge >= 0.3 is 5.91 Å². The third kappa shape index (κ3) is 3.67. The fourth-order valence-corrected chi connectivity index (χ4v) is 6.05. The van der Waals surface area contributed by atoms with Gasteiger partial charge in [0.25, 0.3) is 5.78 Å². The molecule has 0 saturated carbocycles. The van der Waals surface area contributed by atoms with E-state index >= 15 is 0 Å². The van der Waals surface area contributed by atoms with Crippen molar-refractivity contribution in [3.8, 4) is 5.75 Å². The third-order valence-electron chi connectivity index (χ3n) is 6.54. The third-order valence-corrected chi connectivity index (χ3v) is 7.81. The number of carbonyl (C=O) groups excluding carboxylic acids is 2. The summed E-state index contributed by atoms with van der Waals surface area (Å²) in [6.45, 7) is 3.96. The maximum atomic E-state index is 13.4. The summed E-state index contributed by atoms with van der Waals surface area (Å²) in [5.41, 5.74) is 3.89. The molecule has 2 aliphatic rings. The summed E-state index contributed by atoms with van der Waals surface area (Å²) in [5, 5.41) is 12.4. The number of aromatic nitrogens is 1. The Morgan fingerprint density at radius 2 is 1.89 bits per heavy atom. The summed E-state index contributed by atoms with van der Waals surface area (Å²) in [5.74, 6) is -0.952. The van der Waals surface area contributed by atoms with Gasteiger partial charge in [0.2, 0.25) is 0 Å². The zero-order valence-corrected chi connectivity index (χ0v) is 21.1. The summed E-state index contributed by atoms with van der Waals surface area (Å²) in [6.07, 6.45) is 0.746. The van der Waals surface area contributed by atoms with Crippen LogP contribution in [0.3, 0.4) is 0 Å². The van der Waals surface area contributed by atoms with E-state index in [-0.39, 0.29) is 17.4 Å². The van der Waals surface area contributed by atoms with E-state index in [2.05, 4.69) is 4.98 Å². The molecule has 1 fully saturated rings. The van der Waals surface area contributed by atoms with E-state index in [1.165, 1.54) is 16.2 Å². The number of aryl methyl sites for hydroxylation is 1. The maximum absolute atomic E-state index is 13.4. The molecule has 0 spiro atoms. The second-order valence-corrected chi connectivity index (χ2v) is 10.6. The molecular weight excluding hydrogens is 496 g/mol. The zero-order valence-electron chi connectivity index (χ0n) is 19.5. The number of fused-ring (bicyclic) bond motifs is 2. The molecule has 0 bridgehead atoms. The van der Waals surface area contributed by atoms with Crippen molar-refractivity contribution in [2.75, 3.05) is 4.90 Å². The number of anilines is 1. The molecule has 3 heterocycles. The molecule has 2 atom stereocenters. The van der Waals surface area contributed by atoms with E-state index in [0.29, 0.717) is 27.7 Å². The average molecular weight is 517 g/mol. The number of hydrogen-bond donors (Lipinski definition) is 1. The first-order valence-electron chi connectivity index (χ1n) is 11.5. The predicted octanol–water partition coefficient (Wildman–Crippen LogP) is 6.21. The first-order valence-corrected chi connectivity index (χ1v) is 12.7. The molecule has 1 amide bonds. The first kappa shape index (κ1) is 22.8. The van der Waals surface area contributed by atoms with E-state index < -0.39 is 17.7 Å². The van der Waals surface area contributed by atoms with Crippen molar-refractivity contribution in [3.05, 3.63) is 93.5 Å². The van der Waals surface area contributed by atoms with Crippen LogP contribution in [0.5, 0.6) is 5.75 Å². The van der Waals surface area contributed by atoms with E-state index in [4.69, 9.17) is 16.3 Å². The Balaban J connectivity index is 1.53. The molecule has 0 radical (unpaired) electrons. The highest BCUT2D eigenvalue weighted by molar-refractivity contribution is 7.22. The van der Waals surface area contributed by atoms with Crippen molar-refractivity contribution >= 4 is 55.7 Å². The Bertz CT molecular complexity index is 1590. The lowest BCUT2D eigenvalue weighted by molar-refractivity contribution is -0.132. The lowest BCUT2D eigenvalue weighted by Crippen LogP contribution is -2.29. The Kier molecular flexibility index (Phi) is 5.35. The first-order chi connectivity index (χ1) is 17.3. The van der Waals surface area contributed by atoms with Gasteiger partial charge in [0, 0.05) is 17.0 Å². The number of ketones is 1. The number of carbonyl (C=O) groups is 2. The molecular formula is C28H21ClN2O4S. The van der Waals surface area contributed by atoms with Crippen LogP contribution in [0.25, 0.3) is 16.0 Å². The van der Waals surface area contributed by atoms with Gasteiger partial charge in [0.15, 0.2) is 5.13 Å². The van der Waals surface area contributed by atoms with Crippen molar-refractivity contribution in [1.82, 2.24) is 4.98 Å². The summed E-state index contributed by atoms with van der Waals surface area (Å²) in [6, 6.07) is 17.2. The number of Topliss-reactive ketones (excluding diaryl/α,β-unsaturated/α-hetero) is 1. The topological polar surface area (TPSA) is 79.7 Å². The van der Waals surface area contributed by atoms with Gasteiger partial charge in [0.05, 0.1) is 21.8 Å². The minimum absolute atomic E-state index is 0.0182. The molecule has 180 valence electrons. The monoisotopic (exact) mass is 516 g/mol. The van der Waals surface area contributed by atoms with Crippen LogP contribution in [0.15, 0.2) is 66.2 Å². The number of rotatable bonds is 3. The van der Waals surface area contributed by atoms with E-state index in [1.54, 1.807) is 36.4 Å². The van der Waals surface area contributed by atoms with Gasteiger partial charge < -0.3 is 9.84 Å². The number of amides is 1. The average Bonchev–Trinajstić information content (AvgIpc) is 3.51. The molecule has 2 aliphatic heterocycles. The minimum Gasteiger partial charge on any atom is -0.507 e. The molecule has 4 aromatic rings. The summed E-state index contributed by atoms with van der Waals surface area (Å²) in [7, 11) is 0. The van der Waals surface area contributed by atoms with Crippen LogP contribution in [-0.4, -0.2) is 27.9 Å². The number of aliphatic hydroxyl groups is 1. The van der Waals surface area contributed by atoms with E-state index in [1.807, 2.05) is 38.1 Å². The Hall–Kier alpha value is -3.68. The van der Waals surface area contributed by atoms with Gasteiger partial charge in [0.1, 0.15) is 17.6 Å². The zero-order chi connectivity index (χ0) is 25.1. The van der Waals surface area contributed by atoms with Crippen molar-refractivity contribution in [2.45, 2.75) is 32.4 Å². The van der Waals surface area contributed by atoms with Crippen LogP contribution in [-0.2, 0) is 16.0 Å². The highest BCUT2D eigenvalue weighted by Crippen LogP contribution is 2.45. The number of thiazole rings is 1. The summed E-state index contributed by atoms with van der Waals surface area (Å²) < 4.78 is 6.68. The van der Waals surface area contributed by atoms with Gasteiger partial charge in [-0.25, -0.2) is 4.98 Å². The standard InChI is InChI=1S/C28H21ClN2O4S/c1-14-3-9-20-22(11-14)36-28(30-20)31-24(16-4-7-19(29)8-5-16)23(26(33)27(31)34)25(32)17-6-10-21-18(13-17)12-15(2)35-21/h3-11,13,15,24,32H,12H2,1-2H3/b25-23+. The number of benzene rings is 3. The SMILES string of the molecule is Cc1ccc2nc(N3C(=O)C(=O)/C(=C(/O)c4ccc5c(c4)CC(C)O5)C3c3ccc(Cl)cc3)sc2c1. The lowest BCUT2D eigenvalue weighted by atomic mass is 9.94. The van der Waals surface area contributed by atoms with Crippen molar-refractivity contribution in [1.29, 1.82) is 0 Å². The van der Waals surface area contributed by atoms with E-state index in [0.717, 1.165) is 27.1 Å². The maximum Gasteiger partial charge on any atom is 0.301 e. The molecule has 6 nitrogen and oxygen atoms in total. The molecule has 1 saturated heterocycles. The second kappa shape index (κ2) is 8.47. The molecule has 2 unspecified atom stereocenters. The van der Waals surface area contributed by atoms with Crippen LogP contribution in [0.2, 0.25) is 5.02 Å². The van der Waals surface area contributed by atoms with Gasteiger partial charge in [-0.05, 0) is 73.0 Å². The van der Waals surface area contributed by atoms with E-state index in [9.17, 15) is 14.7 Å². The van der Waals surface area contributed by atoms with Crippen molar-refractivity contribution in [2.24, 2.45) is 0 Å². The molecule has 36 heavy (non-hydrogen) atoms. The number of nitrogens with zero attached hydrogens (tertiary/aromatic N) is 2. The minimum atomic E-state index is -0.854. The van der Waals surface area contributed by atoms with Gasteiger partial charge in [-0.2, -0.15) is 0 Å². The number of aliphatic hydroxyl groups excluding tert-OH is 1. The molecule has 1 aromatic heterocycles. The largest absolute Gasteiger partial charge is 0.507 e. The quantitative estimate of drug-likeness (QED) is 0.199. The normalized spacial score (nSPS) is 20.7. The predicted molar refractivity (Wildman–Crippen MR) is 141 cm³/mol. The number of halogens is 1. The van der Waals surface area contributed by atoms with Crippen LogP contribution in [0.1, 0.15) is 35.2 Å². The molecule has 3 aromatic carbocycles. The number of hydrogen-bond acceptors (Lipinski definition) is 6. The Morgan fingerprint density at radius 3 is 2.67 bits per heavy atom. The van der Waals surface area contributed by atoms with Crippen LogP contribution >= 0.6 is 22.9 Å².